The zero-order chi connectivity index (χ0) is 11.1. The fourth-order valence-electron chi connectivity index (χ4n) is 1.58. The summed E-state index contributed by atoms with van der Waals surface area (Å²) in [4.78, 5) is 11.4. The standard InChI is InChI=1S/C11H22N2OS/c1-15-7-3-2-6-13-11(14)8-10(12)9-4-5-9/h9-10H,2-8,12H2,1H3,(H,13,14). The monoisotopic (exact) mass is 230 g/mol. The van der Waals surface area contributed by atoms with Crippen LogP contribution in [0.3, 0.4) is 0 Å². The number of unbranched alkanes of at least 4 members (excludes halogenated alkanes) is 1. The van der Waals surface area contributed by atoms with Gasteiger partial charge in [-0.15, -0.1) is 0 Å². The van der Waals surface area contributed by atoms with E-state index in [0.29, 0.717) is 12.3 Å². The van der Waals surface area contributed by atoms with Crippen LogP contribution < -0.4 is 11.1 Å². The normalized spacial score (nSPS) is 17.5. The second-order valence-corrected chi connectivity index (χ2v) is 5.24. The molecule has 0 radical (unpaired) electrons. The van der Waals surface area contributed by atoms with Crippen LogP contribution in [0.25, 0.3) is 0 Å². The van der Waals surface area contributed by atoms with E-state index in [0.717, 1.165) is 13.0 Å². The number of carbonyl (C=O) groups is 1. The molecule has 1 saturated carbocycles. The van der Waals surface area contributed by atoms with Gasteiger partial charge in [0.05, 0.1) is 0 Å². The lowest BCUT2D eigenvalue weighted by atomic mass is 10.1. The Morgan fingerprint density at radius 2 is 2.27 bits per heavy atom. The van der Waals surface area contributed by atoms with Gasteiger partial charge in [-0.1, -0.05) is 0 Å². The summed E-state index contributed by atoms with van der Waals surface area (Å²) in [5.41, 5.74) is 5.87. The maximum absolute atomic E-state index is 11.4. The summed E-state index contributed by atoms with van der Waals surface area (Å²) in [5, 5.41) is 2.93. The number of amides is 1. The molecule has 0 bridgehead atoms. The zero-order valence-corrected chi connectivity index (χ0v) is 10.3. The van der Waals surface area contributed by atoms with Crippen molar-refractivity contribution < 1.29 is 4.79 Å². The van der Waals surface area contributed by atoms with E-state index < -0.39 is 0 Å². The summed E-state index contributed by atoms with van der Waals surface area (Å²) in [6.07, 6.45) is 7.28. The van der Waals surface area contributed by atoms with Crippen molar-refractivity contribution in [1.29, 1.82) is 0 Å². The van der Waals surface area contributed by atoms with E-state index in [1.54, 1.807) is 0 Å². The minimum Gasteiger partial charge on any atom is -0.356 e. The fourth-order valence-corrected chi connectivity index (χ4v) is 2.07. The van der Waals surface area contributed by atoms with Crippen LogP contribution in [-0.2, 0) is 4.79 Å². The second kappa shape index (κ2) is 7.12. The van der Waals surface area contributed by atoms with E-state index >= 15 is 0 Å². The summed E-state index contributed by atoms with van der Waals surface area (Å²) < 4.78 is 0. The predicted octanol–water partition coefficient (Wildman–Crippen LogP) is 1.37. The second-order valence-electron chi connectivity index (χ2n) is 4.26. The van der Waals surface area contributed by atoms with Crippen molar-refractivity contribution in [3.05, 3.63) is 0 Å². The number of nitrogens with two attached hydrogens (primary N) is 1. The van der Waals surface area contributed by atoms with Gasteiger partial charge in [0.2, 0.25) is 5.91 Å². The Morgan fingerprint density at radius 3 is 2.87 bits per heavy atom. The van der Waals surface area contributed by atoms with Gasteiger partial charge in [-0.25, -0.2) is 0 Å². The molecule has 3 nitrogen and oxygen atoms in total. The number of thioether (sulfide) groups is 1. The van der Waals surface area contributed by atoms with E-state index in [1.807, 2.05) is 11.8 Å². The highest BCUT2D eigenvalue weighted by atomic mass is 32.2. The Bertz CT molecular complexity index is 195. The molecule has 15 heavy (non-hydrogen) atoms. The van der Waals surface area contributed by atoms with Gasteiger partial charge in [-0.2, -0.15) is 11.8 Å². The highest BCUT2D eigenvalue weighted by Gasteiger charge is 2.29. The van der Waals surface area contributed by atoms with Crippen LogP contribution in [0.1, 0.15) is 32.1 Å². The van der Waals surface area contributed by atoms with Crippen molar-refractivity contribution in [2.45, 2.75) is 38.1 Å². The van der Waals surface area contributed by atoms with Crippen LogP contribution >= 0.6 is 11.8 Å². The third-order valence-electron chi connectivity index (χ3n) is 2.75. The summed E-state index contributed by atoms with van der Waals surface area (Å²) >= 11 is 1.85. The van der Waals surface area contributed by atoms with Gasteiger partial charge < -0.3 is 11.1 Å². The average Bonchev–Trinajstić information content (AvgIpc) is 3.00. The van der Waals surface area contributed by atoms with E-state index in [2.05, 4.69) is 11.6 Å². The molecule has 1 rings (SSSR count). The zero-order valence-electron chi connectivity index (χ0n) is 9.50. The predicted molar refractivity (Wildman–Crippen MR) is 65.9 cm³/mol. The lowest BCUT2D eigenvalue weighted by Gasteiger charge is -2.10. The van der Waals surface area contributed by atoms with Crippen molar-refractivity contribution in [1.82, 2.24) is 5.32 Å². The summed E-state index contributed by atoms with van der Waals surface area (Å²) in [5.74, 6) is 1.92. The lowest BCUT2D eigenvalue weighted by molar-refractivity contribution is -0.121. The Kier molecular flexibility index (Phi) is 6.10. The van der Waals surface area contributed by atoms with Gasteiger partial charge >= 0.3 is 0 Å². The van der Waals surface area contributed by atoms with Crippen LogP contribution in [0, 0.1) is 5.92 Å². The molecule has 3 N–H and O–H groups in total. The molecule has 1 unspecified atom stereocenters. The molecule has 0 aromatic rings. The molecular formula is C11H22N2OS. The molecule has 1 fully saturated rings. The summed E-state index contributed by atoms with van der Waals surface area (Å²) in [6.45, 7) is 0.802. The highest BCUT2D eigenvalue weighted by molar-refractivity contribution is 7.98. The SMILES string of the molecule is CSCCCCNC(=O)CC(N)C1CC1. The van der Waals surface area contributed by atoms with Crippen LogP contribution in [0.5, 0.6) is 0 Å². The van der Waals surface area contributed by atoms with Gasteiger partial charge in [0.25, 0.3) is 0 Å². The third kappa shape index (κ3) is 6.05. The molecule has 0 spiro atoms. The van der Waals surface area contributed by atoms with Gasteiger partial charge in [-0.3, -0.25) is 4.79 Å². The largest absolute Gasteiger partial charge is 0.356 e. The molecule has 1 amide bonds. The number of hydrogen-bond donors (Lipinski definition) is 2. The number of hydrogen-bond acceptors (Lipinski definition) is 3. The molecule has 4 heteroatoms. The first-order valence-corrected chi connectivity index (χ1v) is 7.14. The molecule has 1 aliphatic rings. The fraction of sp³-hybridized carbons (Fsp3) is 0.909. The molecule has 1 atom stereocenters. The van der Waals surface area contributed by atoms with Gasteiger partial charge in [0.15, 0.2) is 0 Å². The molecule has 88 valence electrons. The van der Waals surface area contributed by atoms with E-state index in [4.69, 9.17) is 5.73 Å². The van der Waals surface area contributed by atoms with Crippen molar-refractivity contribution in [2.75, 3.05) is 18.6 Å². The van der Waals surface area contributed by atoms with Gasteiger partial charge in [-0.05, 0) is 43.6 Å². The lowest BCUT2D eigenvalue weighted by Crippen LogP contribution is -2.33. The maximum atomic E-state index is 11.4. The Morgan fingerprint density at radius 1 is 1.53 bits per heavy atom. The van der Waals surface area contributed by atoms with Crippen molar-refractivity contribution in [3.63, 3.8) is 0 Å². The topological polar surface area (TPSA) is 55.1 Å². The van der Waals surface area contributed by atoms with Gasteiger partial charge in [0, 0.05) is 19.0 Å². The minimum atomic E-state index is 0.0937. The molecule has 0 aromatic heterocycles. The summed E-state index contributed by atoms with van der Waals surface area (Å²) in [7, 11) is 0. The van der Waals surface area contributed by atoms with Crippen LogP contribution in [0.15, 0.2) is 0 Å². The Hall–Kier alpha value is -0.220. The van der Waals surface area contributed by atoms with Crippen LogP contribution in [-0.4, -0.2) is 30.5 Å². The van der Waals surface area contributed by atoms with Crippen molar-refractivity contribution in [2.24, 2.45) is 11.7 Å². The minimum absolute atomic E-state index is 0.0937. The van der Waals surface area contributed by atoms with Crippen LogP contribution in [0.4, 0.5) is 0 Å². The average molecular weight is 230 g/mol. The molecule has 1 aliphatic carbocycles. The highest BCUT2D eigenvalue weighted by Crippen LogP contribution is 2.32. The molecule has 0 saturated heterocycles. The first-order chi connectivity index (χ1) is 7.24. The molecule has 0 heterocycles. The smallest absolute Gasteiger partial charge is 0.221 e. The van der Waals surface area contributed by atoms with Gasteiger partial charge in [0.1, 0.15) is 0 Å². The maximum Gasteiger partial charge on any atom is 0.221 e. The molecule has 0 aromatic carbocycles. The van der Waals surface area contributed by atoms with E-state index in [-0.39, 0.29) is 11.9 Å². The molecule has 0 aliphatic heterocycles. The Labute approximate surface area is 96.6 Å². The van der Waals surface area contributed by atoms with E-state index in [1.165, 1.54) is 25.0 Å². The van der Waals surface area contributed by atoms with Crippen LogP contribution in [0.2, 0.25) is 0 Å². The number of nitrogens with one attached hydrogen (secondary N) is 1. The Balaban J connectivity index is 1.93. The van der Waals surface area contributed by atoms with Crippen molar-refractivity contribution in [3.8, 4) is 0 Å². The van der Waals surface area contributed by atoms with Crippen molar-refractivity contribution >= 4 is 17.7 Å². The quantitative estimate of drug-likeness (QED) is 0.619. The first-order valence-electron chi connectivity index (χ1n) is 5.75. The third-order valence-corrected chi connectivity index (χ3v) is 3.44. The number of carbonyl (C=O) groups excluding carboxylic acids is 1. The molecular weight excluding hydrogens is 208 g/mol. The summed E-state index contributed by atoms with van der Waals surface area (Å²) in [6, 6.07) is 0.0937. The first kappa shape index (κ1) is 12.8. The number of rotatable bonds is 8. The van der Waals surface area contributed by atoms with E-state index in [9.17, 15) is 4.79 Å².